The molecule has 0 N–H and O–H groups in total. The third kappa shape index (κ3) is 3.62. The number of hydrogen-bond donors (Lipinski definition) is 0. The molecule has 2 heterocycles. The number of benzene rings is 2. The average Bonchev–Trinajstić information content (AvgIpc) is 2.71. The molecule has 2 aromatic carbocycles. The second kappa shape index (κ2) is 7.74. The number of aromatic nitrogens is 1. The van der Waals surface area contributed by atoms with Crippen molar-refractivity contribution in [3.05, 3.63) is 70.5 Å². The second-order valence-corrected chi connectivity index (χ2v) is 8.56. The van der Waals surface area contributed by atoms with Crippen molar-refractivity contribution >= 4 is 22.7 Å². The maximum Gasteiger partial charge on any atom is 0.250 e. The van der Waals surface area contributed by atoms with E-state index in [1.807, 2.05) is 12.1 Å². The van der Waals surface area contributed by atoms with E-state index in [2.05, 4.69) is 43.3 Å². The summed E-state index contributed by atoms with van der Waals surface area (Å²) in [4.78, 5) is 14.1. The van der Waals surface area contributed by atoms with E-state index in [9.17, 15) is 4.79 Å². The Bertz CT molecular complexity index is 1060. The molecule has 1 saturated heterocycles. The minimum Gasteiger partial charge on any atom is -0.378 e. The van der Waals surface area contributed by atoms with Crippen LogP contribution in [0.25, 0.3) is 10.9 Å². The van der Waals surface area contributed by atoms with Gasteiger partial charge in [0.2, 0.25) is 0 Å². The van der Waals surface area contributed by atoms with Crippen LogP contribution < -0.4 is 5.56 Å². The quantitative estimate of drug-likeness (QED) is 0.640. The summed E-state index contributed by atoms with van der Waals surface area (Å²) in [6, 6.07) is 18.3. The number of hydrogen-bond acceptors (Lipinski definition) is 4. The van der Waals surface area contributed by atoms with Crippen molar-refractivity contribution in [3.63, 3.8) is 0 Å². The van der Waals surface area contributed by atoms with Gasteiger partial charge in [0.05, 0.1) is 23.8 Å². The summed E-state index contributed by atoms with van der Waals surface area (Å²) >= 11 is 1.73. The summed E-state index contributed by atoms with van der Waals surface area (Å²) in [6.45, 7) is 2.82. The highest BCUT2D eigenvalue weighted by molar-refractivity contribution is 7.99. The molecule has 4 rings (SSSR count). The van der Waals surface area contributed by atoms with Crippen molar-refractivity contribution < 1.29 is 9.47 Å². The average molecular weight is 396 g/mol. The van der Waals surface area contributed by atoms with E-state index in [4.69, 9.17) is 9.47 Å². The van der Waals surface area contributed by atoms with Crippen molar-refractivity contribution in [2.45, 2.75) is 41.3 Å². The van der Waals surface area contributed by atoms with Gasteiger partial charge in [0.25, 0.3) is 5.56 Å². The van der Waals surface area contributed by atoms with Gasteiger partial charge in [-0.25, -0.2) is 0 Å². The molecule has 2 unspecified atom stereocenters. The zero-order valence-electron chi connectivity index (χ0n) is 16.5. The monoisotopic (exact) mass is 395 g/mol. The van der Waals surface area contributed by atoms with Crippen LogP contribution in [0, 0.1) is 0 Å². The van der Waals surface area contributed by atoms with Gasteiger partial charge in [0.15, 0.2) is 0 Å². The molecule has 1 fully saturated rings. The number of fused-ring (bicyclic) bond motifs is 1. The summed E-state index contributed by atoms with van der Waals surface area (Å²) in [6.07, 6.45) is 1.92. The van der Waals surface area contributed by atoms with Gasteiger partial charge in [-0.1, -0.05) is 23.9 Å². The zero-order valence-corrected chi connectivity index (χ0v) is 17.3. The summed E-state index contributed by atoms with van der Waals surface area (Å²) < 4.78 is 13.4. The first kappa shape index (κ1) is 19.2. The topological polar surface area (TPSA) is 40.5 Å². The van der Waals surface area contributed by atoms with Crippen LogP contribution in [0.2, 0.25) is 0 Å². The van der Waals surface area contributed by atoms with E-state index in [-0.39, 0.29) is 17.3 Å². The fraction of sp³-hybridized carbons (Fsp3) is 0.348. The van der Waals surface area contributed by atoms with Crippen molar-refractivity contribution in [3.8, 4) is 0 Å². The molecule has 28 heavy (non-hydrogen) atoms. The van der Waals surface area contributed by atoms with Crippen LogP contribution in [-0.4, -0.2) is 24.4 Å². The molecular weight excluding hydrogens is 370 g/mol. The zero-order chi connectivity index (χ0) is 19.7. The van der Waals surface area contributed by atoms with E-state index < -0.39 is 0 Å². The smallest absolute Gasteiger partial charge is 0.250 e. The molecule has 0 saturated carbocycles. The van der Waals surface area contributed by atoms with Crippen LogP contribution in [-0.2, 0) is 22.1 Å². The molecule has 1 aliphatic heterocycles. The predicted octanol–water partition coefficient (Wildman–Crippen LogP) is 4.73. The highest BCUT2D eigenvalue weighted by Gasteiger charge is 2.37. The van der Waals surface area contributed by atoms with Gasteiger partial charge in [-0.2, -0.15) is 0 Å². The van der Waals surface area contributed by atoms with Gasteiger partial charge in [-0.15, -0.1) is 0 Å². The predicted molar refractivity (Wildman–Crippen MR) is 113 cm³/mol. The van der Waals surface area contributed by atoms with E-state index in [1.165, 1.54) is 10.5 Å². The molecule has 0 spiro atoms. The van der Waals surface area contributed by atoms with E-state index >= 15 is 0 Å². The van der Waals surface area contributed by atoms with Crippen LogP contribution in [0.3, 0.4) is 0 Å². The standard InChI is InChI=1S/C23H25NO3S/c1-16-15-23(26-3,11-12-27-16)18-5-4-6-19(14-18)28-20-8-9-21-17(13-20)7-10-22(25)24(21)2/h4-10,13-14,16H,11-12,15H2,1-3H3. The molecule has 1 aromatic heterocycles. The lowest BCUT2D eigenvalue weighted by atomic mass is 9.84. The Morgan fingerprint density at radius 1 is 1.14 bits per heavy atom. The molecule has 0 radical (unpaired) electrons. The molecule has 3 aromatic rings. The van der Waals surface area contributed by atoms with E-state index in [0.29, 0.717) is 0 Å². The summed E-state index contributed by atoms with van der Waals surface area (Å²) in [5.41, 5.74) is 1.88. The van der Waals surface area contributed by atoms with Gasteiger partial charge in [-0.3, -0.25) is 4.79 Å². The Kier molecular flexibility index (Phi) is 5.32. The van der Waals surface area contributed by atoms with Gasteiger partial charge >= 0.3 is 0 Å². The van der Waals surface area contributed by atoms with Crippen LogP contribution >= 0.6 is 11.8 Å². The normalized spacial score (nSPS) is 22.5. The molecule has 0 aliphatic carbocycles. The molecule has 1 aliphatic rings. The summed E-state index contributed by atoms with van der Waals surface area (Å²) in [5, 5.41) is 1.06. The molecule has 5 heteroatoms. The minimum absolute atomic E-state index is 0.0103. The Morgan fingerprint density at radius 3 is 2.75 bits per heavy atom. The maximum absolute atomic E-state index is 11.8. The second-order valence-electron chi connectivity index (χ2n) is 7.42. The molecule has 146 valence electrons. The lowest BCUT2D eigenvalue weighted by Crippen LogP contribution is -2.39. The van der Waals surface area contributed by atoms with Crippen LogP contribution in [0.5, 0.6) is 0 Å². The Morgan fingerprint density at radius 2 is 1.96 bits per heavy atom. The van der Waals surface area contributed by atoms with Crippen molar-refractivity contribution in [2.75, 3.05) is 13.7 Å². The maximum atomic E-state index is 11.8. The number of pyridine rings is 1. The summed E-state index contributed by atoms with van der Waals surface area (Å²) in [7, 11) is 3.60. The van der Waals surface area contributed by atoms with Gasteiger partial charge in [0, 0.05) is 42.9 Å². The number of nitrogens with zero attached hydrogens (tertiary/aromatic N) is 1. The fourth-order valence-electron chi connectivity index (χ4n) is 4.02. The first-order valence-corrected chi connectivity index (χ1v) is 10.4. The number of methoxy groups -OCH3 is 1. The fourth-order valence-corrected chi connectivity index (χ4v) is 4.95. The van der Waals surface area contributed by atoms with Crippen LogP contribution in [0.15, 0.2) is 69.2 Å². The number of aryl methyl sites for hydroxylation is 1. The van der Waals surface area contributed by atoms with Crippen LogP contribution in [0.4, 0.5) is 0 Å². The van der Waals surface area contributed by atoms with E-state index in [0.717, 1.165) is 35.2 Å². The van der Waals surface area contributed by atoms with E-state index in [1.54, 1.807) is 36.6 Å². The van der Waals surface area contributed by atoms with Crippen molar-refractivity contribution in [1.29, 1.82) is 0 Å². The molecular formula is C23H25NO3S. The number of rotatable bonds is 4. The Hall–Kier alpha value is -2.08. The van der Waals surface area contributed by atoms with Gasteiger partial charge in [0.1, 0.15) is 0 Å². The van der Waals surface area contributed by atoms with Crippen molar-refractivity contribution in [2.24, 2.45) is 7.05 Å². The first-order chi connectivity index (χ1) is 13.5. The highest BCUT2D eigenvalue weighted by atomic mass is 32.2. The molecule has 4 nitrogen and oxygen atoms in total. The van der Waals surface area contributed by atoms with Gasteiger partial charge < -0.3 is 14.0 Å². The van der Waals surface area contributed by atoms with Crippen LogP contribution in [0.1, 0.15) is 25.3 Å². The Labute approximate surface area is 169 Å². The lowest BCUT2D eigenvalue weighted by molar-refractivity contribution is -0.122. The summed E-state index contributed by atoms with van der Waals surface area (Å²) in [5.74, 6) is 0. The Balaban J connectivity index is 1.64. The highest BCUT2D eigenvalue weighted by Crippen LogP contribution is 2.40. The SMILES string of the molecule is COC1(c2cccc(Sc3ccc4c(ccc(=O)n4C)c3)c2)CCOC(C)C1. The first-order valence-electron chi connectivity index (χ1n) is 9.56. The van der Waals surface area contributed by atoms with Crippen molar-refractivity contribution in [1.82, 2.24) is 4.57 Å². The molecule has 0 bridgehead atoms. The molecule has 2 atom stereocenters. The van der Waals surface area contributed by atoms with Gasteiger partial charge in [-0.05, 0) is 54.3 Å². The lowest BCUT2D eigenvalue weighted by Gasteiger charge is -2.39. The third-order valence-corrected chi connectivity index (χ3v) is 6.59. The largest absolute Gasteiger partial charge is 0.378 e. The third-order valence-electron chi connectivity index (χ3n) is 5.61. The number of ether oxygens (including phenoxy) is 2. The molecule has 0 amide bonds. The minimum atomic E-state index is -0.282.